The van der Waals surface area contributed by atoms with Gasteiger partial charge in [0, 0.05) is 0 Å². The highest BCUT2D eigenvalue weighted by Crippen LogP contribution is 2.22. The van der Waals surface area contributed by atoms with Gasteiger partial charge in [-0.3, -0.25) is 0 Å². The molecule has 0 spiro atoms. The molecule has 0 unspecified atom stereocenters. The number of rotatable bonds is 4. The Labute approximate surface area is 104 Å². The molecule has 0 radical (unpaired) electrons. The number of hydrogen-bond donors (Lipinski definition) is 0. The van der Waals surface area contributed by atoms with Crippen molar-refractivity contribution < 1.29 is 13.9 Å². The molecule has 3 nitrogen and oxygen atoms in total. The Morgan fingerprint density at radius 2 is 1.83 bits per heavy atom. The lowest BCUT2D eigenvalue weighted by molar-refractivity contribution is 0.257. The molecule has 90 valence electrons. The van der Waals surface area contributed by atoms with Gasteiger partial charge in [-0.1, -0.05) is 12.1 Å². The first-order valence-electron chi connectivity index (χ1n) is 5.31. The summed E-state index contributed by atoms with van der Waals surface area (Å²) < 4.78 is 22.9. The topological polar surface area (TPSA) is 42.2 Å². The molecule has 0 N–H and O–H groups in total. The van der Waals surface area contributed by atoms with E-state index in [1.807, 2.05) is 6.07 Å². The number of halogens is 1. The van der Waals surface area contributed by atoms with Crippen LogP contribution in [0.2, 0.25) is 0 Å². The molecule has 0 saturated heterocycles. The van der Waals surface area contributed by atoms with E-state index in [1.54, 1.807) is 36.6 Å². The third-order valence-corrected chi connectivity index (χ3v) is 2.25. The largest absolute Gasteiger partial charge is 0.457 e. The fourth-order valence-corrected chi connectivity index (χ4v) is 1.45. The fourth-order valence-electron chi connectivity index (χ4n) is 1.45. The van der Waals surface area contributed by atoms with Crippen LogP contribution in [0.4, 0.5) is 4.39 Å². The molecule has 0 fully saturated rings. The highest BCUT2D eigenvalue weighted by atomic mass is 19.1. The van der Waals surface area contributed by atoms with E-state index in [4.69, 9.17) is 10.00 Å². The lowest BCUT2D eigenvalue weighted by Gasteiger charge is -2.06. The van der Waals surface area contributed by atoms with Crippen LogP contribution in [0.15, 0.2) is 48.5 Å². The van der Waals surface area contributed by atoms with Gasteiger partial charge in [-0.05, 0) is 42.0 Å². The third-order valence-electron chi connectivity index (χ3n) is 2.25. The van der Waals surface area contributed by atoms with Crippen LogP contribution in [0.3, 0.4) is 0 Å². The third kappa shape index (κ3) is 3.22. The number of nitriles is 1. The monoisotopic (exact) mass is 243 g/mol. The molecule has 0 saturated carbocycles. The summed E-state index contributed by atoms with van der Waals surface area (Å²) in [6, 6.07) is 12.9. The standard InChI is InChI=1S/C14H10FNO2/c15-12-4-6-13(7-5-12)18-14-3-1-2-11(8-14)9-17-10-16/h1-8H,9H2. The molecule has 18 heavy (non-hydrogen) atoms. The molecule has 0 atom stereocenters. The highest BCUT2D eigenvalue weighted by molar-refractivity contribution is 5.33. The summed E-state index contributed by atoms with van der Waals surface area (Å²) in [6.07, 6.45) is 1.61. The van der Waals surface area contributed by atoms with Crippen molar-refractivity contribution in [3.05, 3.63) is 59.9 Å². The van der Waals surface area contributed by atoms with Crippen molar-refractivity contribution in [1.29, 1.82) is 5.26 Å². The summed E-state index contributed by atoms with van der Waals surface area (Å²) in [7, 11) is 0. The summed E-state index contributed by atoms with van der Waals surface area (Å²) in [6.45, 7) is 0.205. The van der Waals surface area contributed by atoms with Crippen LogP contribution in [-0.2, 0) is 11.3 Å². The molecule has 0 amide bonds. The number of benzene rings is 2. The Morgan fingerprint density at radius 1 is 1.06 bits per heavy atom. The molecule has 2 aromatic carbocycles. The molecule has 2 aromatic rings. The van der Waals surface area contributed by atoms with Gasteiger partial charge in [0.15, 0.2) is 0 Å². The molecule has 0 aliphatic carbocycles. The second kappa shape index (κ2) is 5.69. The first-order chi connectivity index (χ1) is 8.78. The van der Waals surface area contributed by atoms with Crippen LogP contribution in [-0.4, -0.2) is 0 Å². The van der Waals surface area contributed by atoms with Crippen LogP contribution in [0.5, 0.6) is 11.5 Å². The fraction of sp³-hybridized carbons (Fsp3) is 0.0714. The molecule has 2 rings (SSSR count). The zero-order valence-electron chi connectivity index (χ0n) is 9.47. The quantitative estimate of drug-likeness (QED) is 0.770. The van der Waals surface area contributed by atoms with Gasteiger partial charge in [0.1, 0.15) is 23.9 Å². The summed E-state index contributed by atoms with van der Waals surface area (Å²) in [5.41, 5.74) is 0.830. The maximum atomic E-state index is 12.7. The van der Waals surface area contributed by atoms with Crippen molar-refractivity contribution >= 4 is 0 Å². The smallest absolute Gasteiger partial charge is 0.286 e. The van der Waals surface area contributed by atoms with Crippen molar-refractivity contribution in [3.8, 4) is 17.8 Å². The van der Waals surface area contributed by atoms with E-state index >= 15 is 0 Å². The first kappa shape index (κ1) is 11.9. The van der Waals surface area contributed by atoms with Crippen molar-refractivity contribution in [3.63, 3.8) is 0 Å². The average Bonchev–Trinajstić information content (AvgIpc) is 2.40. The van der Waals surface area contributed by atoms with E-state index in [0.717, 1.165) is 5.56 Å². The van der Waals surface area contributed by atoms with Gasteiger partial charge in [0.05, 0.1) is 0 Å². The number of nitrogens with zero attached hydrogens (tertiary/aromatic N) is 1. The van der Waals surface area contributed by atoms with E-state index in [0.29, 0.717) is 11.5 Å². The van der Waals surface area contributed by atoms with Gasteiger partial charge < -0.3 is 9.47 Å². The minimum absolute atomic E-state index is 0.205. The molecule has 0 aromatic heterocycles. The van der Waals surface area contributed by atoms with Gasteiger partial charge in [-0.25, -0.2) is 4.39 Å². The SMILES string of the molecule is N#COCc1cccc(Oc2ccc(F)cc2)c1. The van der Waals surface area contributed by atoms with Crippen LogP contribution >= 0.6 is 0 Å². The summed E-state index contributed by atoms with van der Waals surface area (Å²) in [5, 5.41) is 8.32. The second-order valence-electron chi connectivity index (χ2n) is 3.58. The van der Waals surface area contributed by atoms with Gasteiger partial charge in [-0.2, -0.15) is 5.26 Å². The average molecular weight is 243 g/mol. The lowest BCUT2D eigenvalue weighted by Crippen LogP contribution is -1.89. The number of ether oxygens (including phenoxy) is 2. The molecule has 4 heteroatoms. The minimum atomic E-state index is -0.307. The predicted molar refractivity (Wildman–Crippen MR) is 63.3 cm³/mol. The van der Waals surface area contributed by atoms with E-state index in [1.165, 1.54) is 12.1 Å². The normalized spacial score (nSPS) is 9.56. The Kier molecular flexibility index (Phi) is 3.77. The van der Waals surface area contributed by atoms with Crippen molar-refractivity contribution in [2.45, 2.75) is 6.61 Å². The first-order valence-corrected chi connectivity index (χ1v) is 5.31. The predicted octanol–water partition coefficient (Wildman–Crippen LogP) is 3.62. The van der Waals surface area contributed by atoms with Gasteiger partial charge in [-0.15, -0.1) is 0 Å². The van der Waals surface area contributed by atoms with Crippen LogP contribution in [0.1, 0.15) is 5.56 Å². The maximum Gasteiger partial charge on any atom is 0.286 e. The van der Waals surface area contributed by atoms with Crippen molar-refractivity contribution in [2.75, 3.05) is 0 Å². The molecule has 0 bridgehead atoms. The Bertz CT molecular complexity index is 561. The Hall–Kier alpha value is -2.54. The van der Waals surface area contributed by atoms with Crippen molar-refractivity contribution in [2.24, 2.45) is 0 Å². The maximum absolute atomic E-state index is 12.7. The zero-order valence-corrected chi connectivity index (χ0v) is 9.47. The van der Waals surface area contributed by atoms with E-state index in [2.05, 4.69) is 4.74 Å². The van der Waals surface area contributed by atoms with E-state index in [9.17, 15) is 4.39 Å². The second-order valence-corrected chi connectivity index (χ2v) is 3.58. The molecule has 0 heterocycles. The summed E-state index contributed by atoms with van der Waals surface area (Å²) >= 11 is 0. The molecular formula is C14H10FNO2. The van der Waals surface area contributed by atoms with Crippen LogP contribution < -0.4 is 4.74 Å². The van der Waals surface area contributed by atoms with Crippen LogP contribution in [0, 0.1) is 17.3 Å². The van der Waals surface area contributed by atoms with Gasteiger partial charge in [0.2, 0.25) is 0 Å². The summed E-state index contributed by atoms with van der Waals surface area (Å²) in [4.78, 5) is 0. The zero-order chi connectivity index (χ0) is 12.8. The van der Waals surface area contributed by atoms with E-state index in [-0.39, 0.29) is 12.4 Å². The van der Waals surface area contributed by atoms with Gasteiger partial charge in [0.25, 0.3) is 6.26 Å². The van der Waals surface area contributed by atoms with Crippen LogP contribution in [0.25, 0.3) is 0 Å². The molecule has 0 aliphatic heterocycles. The van der Waals surface area contributed by atoms with Gasteiger partial charge >= 0.3 is 0 Å². The summed E-state index contributed by atoms with van der Waals surface area (Å²) in [5.74, 6) is 0.855. The minimum Gasteiger partial charge on any atom is -0.457 e. The van der Waals surface area contributed by atoms with Crippen molar-refractivity contribution in [1.82, 2.24) is 0 Å². The molecular weight excluding hydrogens is 233 g/mol. The van der Waals surface area contributed by atoms with E-state index < -0.39 is 0 Å². The highest BCUT2D eigenvalue weighted by Gasteiger charge is 2.00. The Morgan fingerprint density at radius 3 is 2.56 bits per heavy atom. The lowest BCUT2D eigenvalue weighted by atomic mass is 10.2. The number of hydrogen-bond acceptors (Lipinski definition) is 3. The Balaban J connectivity index is 2.09. The molecule has 0 aliphatic rings.